The topological polar surface area (TPSA) is 87.0 Å². The van der Waals surface area contributed by atoms with Crippen LogP contribution in [0.15, 0.2) is 53.3 Å². The van der Waals surface area contributed by atoms with E-state index in [4.69, 9.17) is 4.52 Å². The standard InChI is InChI=1S/C13H10N4O3/c18-17(19)13-14-6-7-16(13)9-11-8-12(15-20-11)10-4-2-1-3-5-10/h1-8H,9H2. The van der Waals surface area contributed by atoms with Crippen LogP contribution in [0.3, 0.4) is 0 Å². The van der Waals surface area contributed by atoms with Gasteiger partial charge in [0.2, 0.25) is 0 Å². The molecule has 0 radical (unpaired) electrons. The monoisotopic (exact) mass is 270 g/mol. The second-order valence-corrected chi connectivity index (χ2v) is 4.16. The van der Waals surface area contributed by atoms with Crippen LogP contribution in [-0.4, -0.2) is 19.6 Å². The summed E-state index contributed by atoms with van der Waals surface area (Å²) in [6, 6.07) is 11.3. The van der Waals surface area contributed by atoms with Gasteiger partial charge >= 0.3 is 5.95 Å². The summed E-state index contributed by atoms with van der Waals surface area (Å²) >= 11 is 0. The highest BCUT2D eigenvalue weighted by atomic mass is 16.6. The maximum absolute atomic E-state index is 10.8. The van der Waals surface area contributed by atoms with Crippen LogP contribution >= 0.6 is 0 Å². The molecule has 3 rings (SSSR count). The van der Waals surface area contributed by atoms with Gasteiger partial charge in [0.05, 0.1) is 0 Å². The van der Waals surface area contributed by atoms with Gasteiger partial charge in [-0.2, -0.15) is 0 Å². The first-order valence-corrected chi connectivity index (χ1v) is 5.90. The van der Waals surface area contributed by atoms with E-state index in [0.29, 0.717) is 11.5 Å². The third-order valence-corrected chi connectivity index (χ3v) is 2.81. The van der Waals surface area contributed by atoms with Crippen molar-refractivity contribution in [3.63, 3.8) is 0 Å². The van der Waals surface area contributed by atoms with E-state index in [2.05, 4.69) is 10.1 Å². The van der Waals surface area contributed by atoms with Gasteiger partial charge in [-0.05, 0) is 4.92 Å². The molecule has 0 aliphatic heterocycles. The van der Waals surface area contributed by atoms with Crippen LogP contribution in [0.4, 0.5) is 5.95 Å². The predicted octanol–water partition coefficient (Wildman–Crippen LogP) is 2.49. The van der Waals surface area contributed by atoms with Gasteiger partial charge in [-0.15, -0.1) is 0 Å². The smallest absolute Gasteiger partial charge is 0.390 e. The lowest BCUT2D eigenvalue weighted by atomic mass is 10.1. The molecule has 0 amide bonds. The number of hydrogen-bond acceptors (Lipinski definition) is 5. The molecule has 20 heavy (non-hydrogen) atoms. The molecular formula is C13H10N4O3. The van der Waals surface area contributed by atoms with E-state index in [0.717, 1.165) is 5.56 Å². The van der Waals surface area contributed by atoms with Crippen molar-refractivity contribution in [1.29, 1.82) is 0 Å². The van der Waals surface area contributed by atoms with Crippen molar-refractivity contribution in [1.82, 2.24) is 14.7 Å². The van der Waals surface area contributed by atoms with Crippen molar-refractivity contribution < 1.29 is 9.45 Å². The number of aromatic nitrogens is 3. The minimum absolute atomic E-state index is 0.218. The first-order valence-electron chi connectivity index (χ1n) is 5.90. The van der Waals surface area contributed by atoms with Crippen molar-refractivity contribution in [2.75, 3.05) is 0 Å². The summed E-state index contributed by atoms with van der Waals surface area (Å²) < 4.78 is 6.60. The van der Waals surface area contributed by atoms with E-state index >= 15 is 0 Å². The molecule has 0 saturated carbocycles. The molecular weight excluding hydrogens is 260 g/mol. The Morgan fingerprint density at radius 2 is 2.10 bits per heavy atom. The Balaban J connectivity index is 1.84. The Bertz CT molecular complexity index is 733. The third kappa shape index (κ3) is 2.28. The molecule has 2 heterocycles. The lowest BCUT2D eigenvalue weighted by Crippen LogP contribution is -2.03. The van der Waals surface area contributed by atoms with Gasteiger partial charge < -0.3 is 14.6 Å². The van der Waals surface area contributed by atoms with Crippen molar-refractivity contribution >= 4 is 5.95 Å². The fourth-order valence-electron chi connectivity index (χ4n) is 1.90. The van der Waals surface area contributed by atoms with Crippen molar-refractivity contribution in [3.8, 4) is 11.3 Å². The maximum atomic E-state index is 10.8. The molecule has 0 saturated heterocycles. The molecule has 1 aromatic carbocycles. The lowest BCUT2D eigenvalue weighted by Gasteiger charge is -1.97. The molecule has 0 atom stereocenters. The van der Waals surface area contributed by atoms with E-state index in [9.17, 15) is 10.1 Å². The zero-order chi connectivity index (χ0) is 13.9. The largest absolute Gasteiger partial charge is 0.434 e. The van der Waals surface area contributed by atoms with Gasteiger partial charge in [0.25, 0.3) is 0 Å². The van der Waals surface area contributed by atoms with Crippen molar-refractivity contribution in [2.24, 2.45) is 0 Å². The average Bonchev–Trinajstić information content (AvgIpc) is 3.09. The van der Waals surface area contributed by atoms with E-state index in [-0.39, 0.29) is 12.5 Å². The third-order valence-electron chi connectivity index (χ3n) is 2.81. The van der Waals surface area contributed by atoms with Crippen LogP contribution in [0, 0.1) is 10.1 Å². The maximum Gasteiger partial charge on any atom is 0.434 e. The molecule has 0 aliphatic carbocycles. The van der Waals surface area contributed by atoms with Gasteiger partial charge in [-0.25, -0.2) is 4.57 Å². The molecule has 0 unspecified atom stereocenters. The molecule has 7 heteroatoms. The highest BCUT2D eigenvalue weighted by Gasteiger charge is 2.16. The second-order valence-electron chi connectivity index (χ2n) is 4.16. The Hall–Kier alpha value is -2.96. The fourth-order valence-corrected chi connectivity index (χ4v) is 1.90. The van der Waals surface area contributed by atoms with E-state index in [1.54, 1.807) is 6.07 Å². The highest BCUT2D eigenvalue weighted by Crippen LogP contribution is 2.20. The molecule has 100 valence electrons. The SMILES string of the molecule is O=[N+]([O-])c1nccn1Cc1cc(-c2ccccc2)no1. The lowest BCUT2D eigenvalue weighted by molar-refractivity contribution is -0.396. The molecule has 0 fully saturated rings. The van der Waals surface area contributed by atoms with Crippen LogP contribution in [0.2, 0.25) is 0 Å². The van der Waals surface area contributed by atoms with Crippen molar-refractivity contribution in [3.05, 3.63) is 64.7 Å². The van der Waals surface area contributed by atoms with Gasteiger partial charge in [0.1, 0.15) is 24.6 Å². The zero-order valence-electron chi connectivity index (χ0n) is 10.3. The van der Waals surface area contributed by atoms with Crippen LogP contribution in [0.25, 0.3) is 11.3 Å². The second kappa shape index (κ2) is 4.96. The Labute approximate surface area is 113 Å². The van der Waals surface area contributed by atoms with Crippen molar-refractivity contribution in [2.45, 2.75) is 6.54 Å². The first-order chi connectivity index (χ1) is 9.74. The van der Waals surface area contributed by atoms with Crippen LogP contribution in [0.5, 0.6) is 0 Å². The van der Waals surface area contributed by atoms with E-state index in [1.807, 2.05) is 30.3 Å². The van der Waals surface area contributed by atoms with Gasteiger partial charge in [0, 0.05) is 11.6 Å². The number of imidazole rings is 1. The summed E-state index contributed by atoms with van der Waals surface area (Å²) in [5.74, 6) is 0.313. The number of rotatable bonds is 4. The molecule has 7 nitrogen and oxygen atoms in total. The molecule has 0 bridgehead atoms. The van der Waals surface area contributed by atoms with Crippen LogP contribution < -0.4 is 0 Å². The number of hydrogen-bond donors (Lipinski definition) is 0. The molecule has 0 aliphatic rings. The fraction of sp³-hybridized carbons (Fsp3) is 0.0769. The highest BCUT2D eigenvalue weighted by molar-refractivity contribution is 5.58. The molecule has 2 aromatic heterocycles. The quantitative estimate of drug-likeness (QED) is 0.537. The van der Waals surface area contributed by atoms with E-state index in [1.165, 1.54) is 17.0 Å². The summed E-state index contributed by atoms with van der Waals surface area (Å²) in [4.78, 5) is 13.9. The molecule has 0 N–H and O–H groups in total. The Morgan fingerprint density at radius 1 is 1.30 bits per heavy atom. The summed E-state index contributed by atoms with van der Waals surface area (Å²) in [6.45, 7) is 0.218. The summed E-state index contributed by atoms with van der Waals surface area (Å²) in [7, 11) is 0. The molecule has 3 aromatic rings. The zero-order valence-corrected chi connectivity index (χ0v) is 10.3. The number of benzene rings is 1. The number of nitro groups is 1. The minimum atomic E-state index is -0.533. The van der Waals surface area contributed by atoms with Crippen LogP contribution in [0.1, 0.15) is 5.76 Å². The average molecular weight is 270 g/mol. The first kappa shape index (κ1) is 12.1. The minimum Gasteiger partial charge on any atom is -0.390 e. The van der Waals surface area contributed by atoms with Gasteiger partial charge in [-0.1, -0.05) is 40.5 Å². The predicted molar refractivity (Wildman–Crippen MR) is 69.9 cm³/mol. The van der Waals surface area contributed by atoms with E-state index < -0.39 is 4.92 Å². The van der Waals surface area contributed by atoms with Crippen LogP contribution in [-0.2, 0) is 6.54 Å². The summed E-state index contributed by atoms with van der Waals surface area (Å²) in [6.07, 6.45) is 2.91. The Kier molecular flexibility index (Phi) is 3.00. The Morgan fingerprint density at radius 3 is 2.85 bits per heavy atom. The van der Waals surface area contributed by atoms with Gasteiger partial charge in [0.15, 0.2) is 5.76 Å². The summed E-state index contributed by atoms with van der Waals surface area (Å²) in [5.41, 5.74) is 1.63. The van der Waals surface area contributed by atoms with Gasteiger partial charge in [-0.3, -0.25) is 0 Å². The summed E-state index contributed by atoms with van der Waals surface area (Å²) in [5, 5.41) is 14.7. The number of nitrogens with zero attached hydrogens (tertiary/aromatic N) is 4. The molecule has 0 spiro atoms. The normalized spacial score (nSPS) is 10.6.